The van der Waals surface area contributed by atoms with Gasteiger partial charge in [0.25, 0.3) is 0 Å². The van der Waals surface area contributed by atoms with Gasteiger partial charge in [0.2, 0.25) is 0 Å². The molecular weight excluding hydrogens is 237 g/mol. The van der Waals surface area contributed by atoms with Gasteiger partial charge in [0.05, 0.1) is 0 Å². The molecule has 1 aliphatic carbocycles. The third-order valence-corrected chi connectivity index (χ3v) is 3.58. The van der Waals surface area contributed by atoms with Crippen LogP contribution in [0.2, 0.25) is 5.02 Å². The summed E-state index contributed by atoms with van der Waals surface area (Å²) in [5, 5.41) is 3.99. The normalized spacial score (nSPS) is 23.1. The van der Waals surface area contributed by atoms with E-state index in [-0.39, 0.29) is 5.82 Å². The Morgan fingerprint density at radius 1 is 1.47 bits per heavy atom. The van der Waals surface area contributed by atoms with Crippen LogP contribution in [0.5, 0.6) is 0 Å². The van der Waals surface area contributed by atoms with Gasteiger partial charge >= 0.3 is 0 Å². The highest BCUT2D eigenvalue weighted by Crippen LogP contribution is 2.49. The smallest absolute Gasteiger partial charge is 0.128 e. The first-order valence-corrected chi connectivity index (χ1v) is 6.62. The van der Waals surface area contributed by atoms with Crippen LogP contribution < -0.4 is 5.32 Å². The van der Waals surface area contributed by atoms with Gasteiger partial charge in [0, 0.05) is 10.6 Å². The summed E-state index contributed by atoms with van der Waals surface area (Å²) >= 11 is 6.05. The molecule has 0 amide bonds. The molecule has 1 aliphatic rings. The lowest BCUT2D eigenvalue weighted by Gasteiger charge is -2.08. The maximum absolute atomic E-state index is 13.7. The van der Waals surface area contributed by atoms with E-state index in [2.05, 4.69) is 19.2 Å². The van der Waals surface area contributed by atoms with Crippen LogP contribution in [0.1, 0.15) is 31.7 Å². The molecule has 2 unspecified atom stereocenters. The lowest BCUT2D eigenvalue weighted by Crippen LogP contribution is -2.22. The summed E-state index contributed by atoms with van der Waals surface area (Å²) in [6.07, 6.45) is 1.05. The number of hydrogen-bond donors (Lipinski definition) is 1. The molecule has 1 nitrogen and oxygen atoms in total. The number of nitrogens with one attached hydrogen (secondary N) is 1. The Kier molecular flexibility index (Phi) is 4.05. The molecule has 1 aromatic rings. The van der Waals surface area contributed by atoms with Crippen LogP contribution in [0, 0.1) is 17.7 Å². The highest BCUT2D eigenvalue weighted by molar-refractivity contribution is 6.31. The molecule has 0 spiro atoms. The van der Waals surface area contributed by atoms with Crippen molar-refractivity contribution < 1.29 is 4.39 Å². The third-order valence-electron chi connectivity index (χ3n) is 3.25. The van der Waals surface area contributed by atoms with Crippen molar-refractivity contribution in [2.45, 2.75) is 26.2 Å². The van der Waals surface area contributed by atoms with Crippen molar-refractivity contribution >= 4 is 11.6 Å². The fourth-order valence-electron chi connectivity index (χ4n) is 2.25. The minimum Gasteiger partial charge on any atom is -0.316 e. The average molecular weight is 256 g/mol. The minimum atomic E-state index is -0.158. The quantitative estimate of drug-likeness (QED) is 0.843. The fourth-order valence-corrected chi connectivity index (χ4v) is 2.55. The van der Waals surface area contributed by atoms with Crippen LogP contribution in [-0.2, 0) is 0 Å². The zero-order valence-electron chi connectivity index (χ0n) is 10.3. The van der Waals surface area contributed by atoms with E-state index in [4.69, 9.17) is 11.6 Å². The highest BCUT2D eigenvalue weighted by Gasteiger charge is 2.40. The SMILES string of the molecule is CC(C)CNCC1CC1c1c(F)cccc1Cl. The van der Waals surface area contributed by atoms with Crippen LogP contribution in [0.25, 0.3) is 0 Å². The molecule has 3 heteroatoms. The standard InChI is InChI=1S/C14H19ClFN/c1-9(2)7-17-8-10-6-11(10)14-12(15)4-3-5-13(14)16/h3-5,9-11,17H,6-8H2,1-2H3. The molecular formula is C14H19ClFN. The Balaban J connectivity index is 1.90. The molecule has 0 heterocycles. The van der Waals surface area contributed by atoms with Crippen molar-refractivity contribution in [2.24, 2.45) is 11.8 Å². The topological polar surface area (TPSA) is 12.0 Å². The van der Waals surface area contributed by atoms with E-state index in [0.717, 1.165) is 19.5 Å². The molecule has 2 atom stereocenters. The van der Waals surface area contributed by atoms with Crippen LogP contribution >= 0.6 is 11.6 Å². The highest BCUT2D eigenvalue weighted by atomic mass is 35.5. The molecule has 0 bridgehead atoms. The average Bonchev–Trinajstić information content (AvgIpc) is 2.96. The van der Waals surface area contributed by atoms with Crippen molar-refractivity contribution in [3.8, 4) is 0 Å². The monoisotopic (exact) mass is 255 g/mol. The molecule has 0 aromatic heterocycles. The van der Waals surface area contributed by atoms with Crippen molar-refractivity contribution in [2.75, 3.05) is 13.1 Å². The predicted octanol–water partition coefficient (Wildman–Crippen LogP) is 3.83. The maximum Gasteiger partial charge on any atom is 0.128 e. The van der Waals surface area contributed by atoms with E-state index in [0.29, 0.717) is 28.3 Å². The van der Waals surface area contributed by atoms with Gasteiger partial charge in [-0.05, 0) is 49.4 Å². The van der Waals surface area contributed by atoms with E-state index in [1.807, 2.05) is 0 Å². The lowest BCUT2D eigenvalue weighted by molar-refractivity contribution is 0.530. The number of rotatable bonds is 5. The van der Waals surface area contributed by atoms with E-state index in [9.17, 15) is 4.39 Å². The maximum atomic E-state index is 13.7. The Hall–Kier alpha value is -0.600. The van der Waals surface area contributed by atoms with Crippen molar-refractivity contribution in [1.82, 2.24) is 5.32 Å². The lowest BCUT2D eigenvalue weighted by atomic mass is 10.1. The molecule has 0 saturated heterocycles. The third kappa shape index (κ3) is 3.20. The first-order valence-electron chi connectivity index (χ1n) is 6.24. The second-order valence-electron chi connectivity index (χ2n) is 5.29. The van der Waals surface area contributed by atoms with Gasteiger partial charge in [-0.1, -0.05) is 31.5 Å². The van der Waals surface area contributed by atoms with Crippen molar-refractivity contribution in [3.05, 3.63) is 34.6 Å². The second-order valence-corrected chi connectivity index (χ2v) is 5.70. The van der Waals surface area contributed by atoms with Crippen LogP contribution in [0.3, 0.4) is 0 Å². The summed E-state index contributed by atoms with van der Waals surface area (Å²) in [4.78, 5) is 0. The van der Waals surface area contributed by atoms with E-state index in [1.165, 1.54) is 6.07 Å². The summed E-state index contributed by atoms with van der Waals surface area (Å²) in [6.45, 7) is 6.36. The van der Waals surface area contributed by atoms with Gasteiger partial charge < -0.3 is 5.32 Å². The minimum absolute atomic E-state index is 0.158. The Bertz CT molecular complexity index is 372. The zero-order valence-corrected chi connectivity index (χ0v) is 11.1. The molecule has 0 aliphatic heterocycles. The molecule has 1 N–H and O–H groups in total. The Morgan fingerprint density at radius 3 is 2.88 bits per heavy atom. The van der Waals surface area contributed by atoms with Gasteiger partial charge in [0.15, 0.2) is 0 Å². The molecule has 1 saturated carbocycles. The van der Waals surface area contributed by atoms with Gasteiger partial charge in [-0.3, -0.25) is 0 Å². The van der Waals surface area contributed by atoms with E-state index < -0.39 is 0 Å². The first-order chi connectivity index (χ1) is 8.09. The van der Waals surface area contributed by atoms with Crippen LogP contribution in [0.4, 0.5) is 4.39 Å². The second kappa shape index (κ2) is 5.36. The molecule has 2 rings (SSSR count). The summed E-state index contributed by atoms with van der Waals surface area (Å²) in [5.74, 6) is 1.35. The largest absolute Gasteiger partial charge is 0.316 e. The molecule has 17 heavy (non-hydrogen) atoms. The summed E-state index contributed by atoms with van der Waals surface area (Å²) in [7, 11) is 0. The first kappa shape index (κ1) is 12.8. The van der Waals surface area contributed by atoms with Gasteiger partial charge in [-0.2, -0.15) is 0 Å². The Labute approximate surface area is 107 Å². The number of halogens is 2. The van der Waals surface area contributed by atoms with E-state index >= 15 is 0 Å². The van der Waals surface area contributed by atoms with Crippen molar-refractivity contribution in [1.29, 1.82) is 0 Å². The zero-order chi connectivity index (χ0) is 12.4. The molecule has 0 radical (unpaired) electrons. The number of benzene rings is 1. The van der Waals surface area contributed by atoms with E-state index in [1.54, 1.807) is 12.1 Å². The summed E-state index contributed by atoms with van der Waals surface area (Å²) in [6, 6.07) is 4.94. The van der Waals surface area contributed by atoms with Gasteiger partial charge in [-0.15, -0.1) is 0 Å². The number of hydrogen-bond acceptors (Lipinski definition) is 1. The molecule has 1 aromatic carbocycles. The predicted molar refractivity (Wildman–Crippen MR) is 70.0 cm³/mol. The summed E-state index contributed by atoms with van der Waals surface area (Å²) in [5.41, 5.74) is 0.713. The van der Waals surface area contributed by atoms with Crippen LogP contribution in [0.15, 0.2) is 18.2 Å². The van der Waals surface area contributed by atoms with Gasteiger partial charge in [0.1, 0.15) is 5.82 Å². The Morgan fingerprint density at radius 2 is 2.24 bits per heavy atom. The fraction of sp³-hybridized carbons (Fsp3) is 0.571. The van der Waals surface area contributed by atoms with Gasteiger partial charge in [-0.25, -0.2) is 4.39 Å². The van der Waals surface area contributed by atoms with Crippen LogP contribution in [-0.4, -0.2) is 13.1 Å². The van der Waals surface area contributed by atoms with Crippen molar-refractivity contribution in [3.63, 3.8) is 0 Å². The molecule has 94 valence electrons. The molecule has 1 fully saturated rings. The summed E-state index contributed by atoms with van der Waals surface area (Å²) < 4.78 is 13.7.